The normalized spacial score (nSPS) is 18.3. The summed E-state index contributed by atoms with van der Waals surface area (Å²) in [4.78, 5) is 13.4. The molecule has 0 spiro atoms. The first-order valence-corrected chi connectivity index (χ1v) is 4.81. The van der Waals surface area contributed by atoms with E-state index in [-0.39, 0.29) is 36.8 Å². The molecule has 1 rings (SSSR count). The van der Waals surface area contributed by atoms with Crippen molar-refractivity contribution in [1.82, 2.24) is 4.90 Å². The van der Waals surface area contributed by atoms with Crippen molar-refractivity contribution >= 4 is 30.8 Å². The summed E-state index contributed by atoms with van der Waals surface area (Å²) in [6.07, 6.45) is 3.58. The number of rotatable bonds is 3. The molecule has 1 heterocycles. The van der Waals surface area contributed by atoms with Crippen LogP contribution in [0, 0.1) is 0 Å². The molecule has 1 saturated heterocycles. The number of piperidine rings is 1. The zero-order valence-electron chi connectivity index (χ0n) is 8.98. The Kier molecular flexibility index (Phi) is 10.7. The fourth-order valence-corrected chi connectivity index (χ4v) is 1.76. The summed E-state index contributed by atoms with van der Waals surface area (Å²) in [7, 11) is 1.41. The molecule has 0 aliphatic carbocycles. The Balaban J connectivity index is 0. The standard InChI is InChI=1S/C9H18N2O2.2ClH/c1-13-9(12)8(7-10)11-5-3-2-4-6-11;;/h8H,2-7,10H2,1H3;2*1H/t8-;;/m1../s1. The van der Waals surface area contributed by atoms with Crippen LogP contribution >= 0.6 is 24.8 Å². The van der Waals surface area contributed by atoms with Crippen LogP contribution < -0.4 is 5.73 Å². The molecule has 0 bridgehead atoms. The molecule has 1 fully saturated rings. The molecule has 1 atom stereocenters. The summed E-state index contributed by atoms with van der Waals surface area (Å²) in [5.74, 6) is -0.204. The van der Waals surface area contributed by atoms with Gasteiger partial charge in [-0.1, -0.05) is 6.42 Å². The van der Waals surface area contributed by atoms with E-state index < -0.39 is 0 Å². The second kappa shape index (κ2) is 9.21. The summed E-state index contributed by atoms with van der Waals surface area (Å²) in [5.41, 5.74) is 5.54. The molecular formula is C9H20Cl2N2O2. The number of carbonyl (C=O) groups is 1. The van der Waals surface area contributed by atoms with Crippen molar-refractivity contribution < 1.29 is 9.53 Å². The third kappa shape index (κ3) is 5.02. The lowest BCUT2D eigenvalue weighted by Gasteiger charge is -2.31. The second-order valence-electron chi connectivity index (χ2n) is 3.37. The topological polar surface area (TPSA) is 55.6 Å². The fourth-order valence-electron chi connectivity index (χ4n) is 1.76. The molecule has 0 aromatic carbocycles. The molecule has 15 heavy (non-hydrogen) atoms. The first kappa shape index (κ1) is 17.4. The SMILES string of the molecule is COC(=O)[C@@H](CN)N1CCCCC1.Cl.Cl. The third-order valence-corrected chi connectivity index (χ3v) is 2.53. The Bertz CT molecular complexity index is 175. The Morgan fingerprint density at radius 1 is 1.33 bits per heavy atom. The van der Waals surface area contributed by atoms with Crippen molar-refractivity contribution in [2.45, 2.75) is 25.3 Å². The van der Waals surface area contributed by atoms with Crippen LogP contribution in [-0.4, -0.2) is 43.7 Å². The summed E-state index contributed by atoms with van der Waals surface area (Å²) >= 11 is 0. The number of halogens is 2. The highest BCUT2D eigenvalue weighted by Crippen LogP contribution is 2.12. The quantitative estimate of drug-likeness (QED) is 0.762. The lowest BCUT2D eigenvalue weighted by Crippen LogP contribution is -2.48. The minimum Gasteiger partial charge on any atom is -0.468 e. The molecule has 0 radical (unpaired) electrons. The molecule has 0 unspecified atom stereocenters. The van der Waals surface area contributed by atoms with E-state index in [1.54, 1.807) is 0 Å². The van der Waals surface area contributed by atoms with Crippen LogP contribution in [0.25, 0.3) is 0 Å². The molecule has 2 N–H and O–H groups in total. The highest BCUT2D eigenvalue weighted by atomic mass is 35.5. The molecule has 4 nitrogen and oxygen atoms in total. The monoisotopic (exact) mass is 258 g/mol. The highest BCUT2D eigenvalue weighted by Gasteiger charge is 2.26. The van der Waals surface area contributed by atoms with Crippen molar-refractivity contribution in [3.63, 3.8) is 0 Å². The predicted octanol–water partition coefficient (Wildman–Crippen LogP) is 0.816. The summed E-state index contributed by atoms with van der Waals surface area (Å²) in [6.45, 7) is 2.29. The van der Waals surface area contributed by atoms with E-state index in [1.165, 1.54) is 13.5 Å². The number of hydrogen-bond donors (Lipinski definition) is 1. The van der Waals surface area contributed by atoms with Crippen LogP contribution in [0.2, 0.25) is 0 Å². The van der Waals surface area contributed by atoms with Gasteiger partial charge in [-0.15, -0.1) is 24.8 Å². The first-order valence-electron chi connectivity index (χ1n) is 4.81. The molecule has 92 valence electrons. The molecule has 1 aliphatic rings. The van der Waals surface area contributed by atoms with Gasteiger partial charge in [0, 0.05) is 6.54 Å². The maximum Gasteiger partial charge on any atom is 0.324 e. The van der Waals surface area contributed by atoms with E-state index in [0.29, 0.717) is 6.54 Å². The number of methoxy groups -OCH3 is 1. The maximum atomic E-state index is 11.3. The van der Waals surface area contributed by atoms with Gasteiger partial charge in [0.1, 0.15) is 6.04 Å². The van der Waals surface area contributed by atoms with E-state index in [2.05, 4.69) is 4.90 Å². The van der Waals surface area contributed by atoms with Crippen LogP contribution in [0.5, 0.6) is 0 Å². The summed E-state index contributed by atoms with van der Waals surface area (Å²) < 4.78 is 4.70. The lowest BCUT2D eigenvalue weighted by atomic mass is 10.1. The van der Waals surface area contributed by atoms with Crippen LogP contribution in [0.15, 0.2) is 0 Å². The molecule has 6 heteroatoms. The van der Waals surface area contributed by atoms with Crippen LogP contribution in [0.4, 0.5) is 0 Å². The van der Waals surface area contributed by atoms with Crippen LogP contribution in [-0.2, 0) is 9.53 Å². The number of carbonyl (C=O) groups excluding carboxylic acids is 1. The molecule has 0 aromatic rings. The van der Waals surface area contributed by atoms with E-state index in [4.69, 9.17) is 10.5 Å². The Labute approximate surface area is 103 Å². The fraction of sp³-hybridized carbons (Fsp3) is 0.889. The largest absolute Gasteiger partial charge is 0.468 e. The second-order valence-corrected chi connectivity index (χ2v) is 3.37. The number of nitrogens with zero attached hydrogens (tertiary/aromatic N) is 1. The number of hydrogen-bond acceptors (Lipinski definition) is 4. The maximum absolute atomic E-state index is 11.3. The summed E-state index contributed by atoms with van der Waals surface area (Å²) in [5, 5.41) is 0. The summed E-state index contributed by atoms with van der Waals surface area (Å²) in [6, 6.07) is -0.231. The number of nitrogens with two attached hydrogens (primary N) is 1. The van der Waals surface area contributed by atoms with Crippen LogP contribution in [0.3, 0.4) is 0 Å². The van der Waals surface area contributed by atoms with Crippen molar-refractivity contribution in [3.8, 4) is 0 Å². The Morgan fingerprint density at radius 2 is 1.87 bits per heavy atom. The number of likely N-dealkylation sites (tertiary alicyclic amines) is 1. The predicted molar refractivity (Wildman–Crippen MR) is 64.8 cm³/mol. The van der Waals surface area contributed by atoms with Crippen molar-refractivity contribution in [1.29, 1.82) is 0 Å². The van der Waals surface area contributed by atoms with Gasteiger partial charge in [0.15, 0.2) is 0 Å². The zero-order valence-corrected chi connectivity index (χ0v) is 10.6. The van der Waals surface area contributed by atoms with E-state index in [9.17, 15) is 4.79 Å². The Hall–Kier alpha value is -0.0300. The molecule has 0 aromatic heterocycles. The van der Waals surface area contributed by atoms with Gasteiger partial charge in [0.2, 0.25) is 0 Å². The highest BCUT2D eigenvalue weighted by molar-refractivity contribution is 5.85. The van der Waals surface area contributed by atoms with E-state index in [1.807, 2.05) is 0 Å². The minimum atomic E-state index is -0.231. The van der Waals surface area contributed by atoms with Gasteiger partial charge >= 0.3 is 5.97 Å². The molecule has 0 saturated carbocycles. The van der Waals surface area contributed by atoms with Gasteiger partial charge in [-0.2, -0.15) is 0 Å². The van der Waals surface area contributed by atoms with Gasteiger partial charge in [0.05, 0.1) is 7.11 Å². The van der Waals surface area contributed by atoms with E-state index >= 15 is 0 Å². The van der Waals surface area contributed by atoms with Crippen LogP contribution in [0.1, 0.15) is 19.3 Å². The van der Waals surface area contributed by atoms with E-state index in [0.717, 1.165) is 25.9 Å². The van der Waals surface area contributed by atoms with Crippen molar-refractivity contribution in [2.24, 2.45) is 5.73 Å². The average molecular weight is 259 g/mol. The van der Waals surface area contributed by atoms with Gasteiger partial charge in [-0.3, -0.25) is 9.69 Å². The van der Waals surface area contributed by atoms with Gasteiger partial charge in [-0.25, -0.2) is 0 Å². The van der Waals surface area contributed by atoms with Gasteiger partial charge < -0.3 is 10.5 Å². The average Bonchev–Trinajstić information content (AvgIpc) is 2.20. The van der Waals surface area contributed by atoms with Gasteiger partial charge in [-0.05, 0) is 25.9 Å². The molecular weight excluding hydrogens is 239 g/mol. The van der Waals surface area contributed by atoms with Gasteiger partial charge in [0.25, 0.3) is 0 Å². The first-order chi connectivity index (χ1) is 6.29. The third-order valence-electron chi connectivity index (χ3n) is 2.53. The molecule has 0 amide bonds. The number of esters is 1. The minimum absolute atomic E-state index is 0. The van der Waals surface area contributed by atoms with Crippen molar-refractivity contribution in [2.75, 3.05) is 26.7 Å². The number of ether oxygens (including phenoxy) is 1. The lowest BCUT2D eigenvalue weighted by molar-refractivity contribution is -0.147. The smallest absolute Gasteiger partial charge is 0.324 e. The molecule has 1 aliphatic heterocycles. The van der Waals surface area contributed by atoms with Crippen molar-refractivity contribution in [3.05, 3.63) is 0 Å². The Morgan fingerprint density at radius 3 is 2.27 bits per heavy atom. The zero-order chi connectivity index (χ0) is 9.68.